The van der Waals surface area contributed by atoms with E-state index in [-0.39, 0.29) is 17.5 Å². The maximum Gasteiger partial charge on any atom is 0.159 e. The van der Waals surface area contributed by atoms with Gasteiger partial charge in [0.05, 0.1) is 0 Å². The number of allylic oxidation sites excluding steroid dienone is 1. The molecule has 0 heterocycles. The highest BCUT2D eigenvalue weighted by atomic mass is 19.1. The summed E-state index contributed by atoms with van der Waals surface area (Å²) >= 11 is 0. The molecular formula is C18H15FO. The van der Waals surface area contributed by atoms with E-state index >= 15 is 0 Å². The first-order chi connectivity index (χ1) is 9.74. The Bertz CT molecular complexity index is 641. The Morgan fingerprint density at radius 1 is 1.00 bits per heavy atom. The molecule has 0 N–H and O–H groups in total. The van der Waals surface area contributed by atoms with Crippen LogP contribution in [0.1, 0.15) is 29.9 Å². The lowest BCUT2D eigenvalue weighted by atomic mass is 9.92. The summed E-state index contributed by atoms with van der Waals surface area (Å²) in [5.74, 6) is 0.0986. The largest absolute Gasteiger partial charge is 0.295 e. The average Bonchev–Trinajstić information content (AvgIpc) is 2.84. The van der Waals surface area contributed by atoms with Gasteiger partial charge < -0.3 is 0 Å². The van der Waals surface area contributed by atoms with Gasteiger partial charge in [-0.1, -0.05) is 42.5 Å². The molecule has 0 bridgehead atoms. The van der Waals surface area contributed by atoms with Gasteiger partial charge in [0, 0.05) is 17.9 Å². The summed E-state index contributed by atoms with van der Waals surface area (Å²) in [5.41, 5.74) is 2.88. The van der Waals surface area contributed by atoms with Crippen LogP contribution in [0.2, 0.25) is 0 Å². The molecule has 0 unspecified atom stereocenters. The molecule has 1 saturated carbocycles. The molecule has 0 radical (unpaired) electrons. The van der Waals surface area contributed by atoms with Crippen LogP contribution in [0, 0.1) is 5.82 Å². The van der Waals surface area contributed by atoms with Crippen molar-refractivity contribution in [2.75, 3.05) is 0 Å². The number of benzene rings is 2. The summed E-state index contributed by atoms with van der Waals surface area (Å²) in [6.45, 7) is 0. The van der Waals surface area contributed by atoms with E-state index in [4.69, 9.17) is 0 Å². The summed E-state index contributed by atoms with van der Waals surface area (Å²) in [6, 6.07) is 16.3. The highest BCUT2D eigenvalue weighted by Gasteiger charge is 2.29. The molecule has 0 amide bonds. The number of carbonyl (C=O) groups is 1. The van der Waals surface area contributed by atoms with Crippen LogP contribution in [-0.2, 0) is 4.79 Å². The molecule has 1 aliphatic rings. The van der Waals surface area contributed by atoms with Gasteiger partial charge in [-0.05, 0) is 35.8 Å². The van der Waals surface area contributed by atoms with Crippen molar-refractivity contribution in [1.29, 1.82) is 0 Å². The summed E-state index contributed by atoms with van der Waals surface area (Å²) in [5, 5.41) is 0. The number of Topliss-reactive ketones (excluding diaryl/α,β-unsaturated/α-hetero) is 1. The molecule has 20 heavy (non-hydrogen) atoms. The molecule has 3 rings (SSSR count). The van der Waals surface area contributed by atoms with Crippen LogP contribution in [0.5, 0.6) is 0 Å². The Balaban J connectivity index is 1.96. The van der Waals surface area contributed by atoms with E-state index in [0.717, 1.165) is 17.6 Å². The van der Waals surface area contributed by atoms with E-state index in [2.05, 4.69) is 12.1 Å². The maximum atomic E-state index is 12.9. The SMILES string of the molecule is O=C1CC[C@@H](c2ccccc2)/C1=C/c1ccc(F)cc1. The fourth-order valence-electron chi connectivity index (χ4n) is 2.72. The third kappa shape index (κ3) is 2.55. The second kappa shape index (κ2) is 5.41. The van der Waals surface area contributed by atoms with Crippen molar-refractivity contribution < 1.29 is 9.18 Å². The fraction of sp³-hybridized carbons (Fsp3) is 0.167. The van der Waals surface area contributed by atoms with Gasteiger partial charge in [-0.25, -0.2) is 4.39 Å². The highest BCUT2D eigenvalue weighted by Crippen LogP contribution is 2.37. The normalized spacial score (nSPS) is 20.6. The van der Waals surface area contributed by atoms with Crippen molar-refractivity contribution in [1.82, 2.24) is 0 Å². The smallest absolute Gasteiger partial charge is 0.159 e. The lowest BCUT2D eigenvalue weighted by Gasteiger charge is -2.11. The molecule has 100 valence electrons. The quantitative estimate of drug-likeness (QED) is 0.738. The average molecular weight is 266 g/mol. The van der Waals surface area contributed by atoms with Crippen LogP contribution in [0.15, 0.2) is 60.2 Å². The van der Waals surface area contributed by atoms with E-state index in [1.807, 2.05) is 24.3 Å². The molecule has 0 aliphatic heterocycles. The number of rotatable bonds is 2. The van der Waals surface area contributed by atoms with Gasteiger partial charge in [-0.2, -0.15) is 0 Å². The Morgan fingerprint density at radius 2 is 1.70 bits per heavy atom. The summed E-state index contributed by atoms with van der Waals surface area (Å²) in [6.07, 6.45) is 3.34. The number of ketones is 1. The zero-order chi connectivity index (χ0) is 13.9. The molecular weight excluding hydrogens is 251 g/mol. The minimum Gasteiger partial charge on any atom is -0.295 e. The molecule has 1 nitrogen and oxygen atoms in total. The van der Waals surface area contributed by atoms with Gasteiger partial charge in [0.1, 0.15) is 5.82 Å². The Hall–Kier alpha value is -2.22. The van der Waals surface area contributed by atoms with Crippen LogP contribution >= 0.6 is 0 Å². The first-order valence-electron chi connectivity index (χ1n) is 6.79. The van der Waals surface area contributed by atoms with E-state index in [1.165, 1.54) is 17.7 Å². The Kier molecular flexibility index (Phi) is 3.46. The van der Waals surface area contributed by atoms with Gasteiger partial charge in [-0.15, -0.1) is 0 Å². The van der Waals surface area contributed by atoms with E-state index in [9.17, 15) is 9.18 Å². The summed E-state index contributed by atoms with van der Waals surface area (Å²) in [7, 11) is 0. The topological polar surface area (TPSA) is 17.1 Å². The van der Waals surface area contributed by atoms with Crippen molar-refractivity contribution in [2.45, 2.75) is 18.8 Å². The number of hydrogen-bond donors (Lipinski definition) is 0. The third-order valence-electron chi connectivity index (χ3n) is 3.75. The molecule has 0 spiro atoms. The van der Waals surface area contributed by atoms with Crippen molar-refractivity contribution in [3.8, 4) is 0 Å². The predicted octanol–water partition coefficient (Wildman–Crippen LogP) is 4.36. The van der Waals surface area contributed by atoms with E-state index in [1.54, 1.807) is 12.1 Å². The lowest BCUT2D eigenvalue weighted by Crippen LogP contribution is -2.00. The standard InChI is InChI=1S/C18H15FO/c19-15-8-6-13(7-9-15)12-17-16(10-11-18(17)20)14-4-2-1-3-5-14/h1-9,12,16H,10-11H2/b17-12-/t16-/m0/s1. The highest BCUT2D eigenvalue weighted by molar-refractivity contribution is 6.03. The van der Waals surface area contributed by atoms with E-state index in [0.29, 0.717) is 6.42 Å². The van der Waals surface area contributed by atoms with Gasteiger partial charge in [-0.3, -0.25) is 4.79 Å². The molecule has 2 aromatic carbocycles. The number of hydrogen-bond acceptors (Lipinski definition) is 1. The summed E-state index contributed by atoms with van der Waals surface area (Å²) in [4.78, 5) is 12.1. The van der Waals surface area contributed by atoms with Crippen LogP contribution in [0.25, 0.3) is 6.08 Å². The lowest BCUT2D eigenvalue weighted by molar-refractivity contribution is -0.114. The van der Waals surface area contributed by atoms with E-state index < -0.39 is 0 Å². The molecule has 1 aliphatic carbocycles. The van der Waals surface area contributed by atoms with Crippen molar-refractivity contribution in [2.24, 2.45) is 0 Å². The van der Waals surface area contributed by atoms with Crippen LogP contribution in [-0.4, -0.2) is 5.78 Å². The summed E-state index contributed by atoms with van der Waals surface area (Å²) < 4.78 is 12.9. The monoisotopic (exact) mass is 266 g/mol. The zero-order valence-electron chi connectivity index (χ0n) is 11.1. The third-order valence-corrected chi connectivity index (χ3v) is 3.75. The molecule has 2 aromatic rings. The number of halogens is 1. The van der Waals surface area contributed by atoms with Crippen LogP contribution in [0.4, 0.5) is 4.39 Å². The first-order valence-corrected chi connectivity index (χ1v) is 6.79. The van der Waals surface area contributed by atoms with Crippen LogP contribution < -0.4 is 0 Å². The molecule has 2 heteroatoms. The Labute approximate surface area is 117 Å². The minimum absolute atomic E-state index is 0.161. The Morgan fingerprint density at radius 3 is 2.40 bits per heavy atom. The molecule has 1 atom stereocenters. The zero-order valence-corrected chi connectivity index (χ0v) is 11.1. The maximum absolute atomic E-state index is 12.9. The molecule has 0 saturated heterocycles. The first kappa shape index (κ1) is 12.8. The van der Waals surface area contributed by atoms with Crippen LogP contribution in [0.3, 0.4) is 0 Å². The van der Waals surface area contributed by atoms with Gasteiger partial charge in [0.25, 0.3) is 0 Å². The van der Waals surface area contributed by atoms with Gasteiger partial charge in [0.15, 0.2) is 5.78 Å². The van der Waals surface area contributed by atoms with Gasteiger partial charge >= 0.3 is 0 Å². The molecule has 1 fully saturated rings. The number of carbonyl (C=O) groups excluding carboxylic acids is 1. The second-order valence-electron chi connectivity index (χ2n) is 5.08. The predicted molar refractivity (Wildman–Crippen MR) is 77.8 cm³/mol. The van der Waals surface area contributed by atoms with Crippen molar-refractivity contribution in [3.05, 3.63) is 77.1 Å². The van der Waals surface area contributed by atoms with Crippen molar-refractivity contribution in [3.63, 3.8) is 0 Å². The fourth-order valence-corrected chi connectivity index (χ4v) is 2.72. The second-order valence-corrected chi connectivity index (χ2v) is 5.08. The minimum atomic E-state index is -0.260. The molecule has 0 aromatic heterocycles. The van der Waals surface area contributed by atoms with Gasteiger partial charge in [0.2, 0.25) is 0 Å². The van der Waals surface area contributed by atoms with Crippen molar-refractivity contribution >= 4 is 11.9 Å².